The van der Waals surface area contributed by atoms with Crippen LogP contribution in [0.2, 0.25) is 5.02 Å². The SMILES string of the molecule is O=C(O)Cc1c(F)cccc1-c1cc(F)cc(Cl)c1. The highest BCUT2D eigenvalue weighted by Gasteiger charge is 2.14. The molecule has 0 fully saturated rings. The summed E-state index contributed by atoms with van der Waals surface area (Å²) in [6.45, 7) is 0. The van der Waals surface area contributed by atoms with E-state index in [1.807, 2.05) is 0 Å². The van der Waals surface area contributed by atoms with E-state index in [4.69, 9.17) is 16.7 Å². The van der Waals surface area contributed by atoms with Gasteiger partial charge in [-0.15, -0.1) is 0 Å². The summed E-state index contributed by atoms with van der Waals surface area (Å²) >= 11 is 5.75. The molecule has 0 aliphatic heterocycles. The van der Waals surface area contributed by atoms with E-state index in [2.05, 4.69) is 0 Å². The molecule has 0 aliphatic rings. The standard InChI is InChI=1S/C14H9ClF2O2/c15-9-4-8(5-10(16)6-9)11-2-1-3-13(17)12(11)7-14(18)19/h1-6H,7H2,(H,18,19). The third kappa shape index (κ3) is 3.09. The van der Waals surface area contributed by atoms with Crippen LogP contribution in [0.25, 0.3) is 11.1 Å². The van der Waals surface area contributed by atoms with Crippen molar-refractivity contribution in [1.29, 1.82) is 0 Å². The molecule has 2 nitrogen and oxygen atoms in total. The van der Waals surface area contributed by atoms with Crippen LogP contribution in [0.3, 0.4) is 0 Å². The van der Waals surface area contributed by atoms with Crippen molar-refractivity contribution in [2.75, 3.05) is 0 Å². The van der Waals surface area contributed by atoms with Gasteiger partial charge < -0.3 is 5.11 Å². The molecule has 0 aromatic heterocycles. The maximum atomic E-state index is 13.7. The Morgan fingerprint density at radius 2 is 1.95 bits per heavy atom. The van der Waals surface area contributed by atoms with Gasteiger partial charge in [0, 0.05) is 10.6 Å². The number of carboxylic acid groups (broad SMARTS) is 1. The van der Waals surface area contributed by atoms with Gasteiger partial charge in [0.25, 0.3) is 0 Å². The van der Waals surface area contributed by atoms with Gasteiger partial charge in [-0.2, -0.15) is 0 Å². The Balaban J connectivity index is 2.61. The zero-order valence-electron chi connectivity index (χ0n) is 9.66. The van der Waals surface area contributed by atoms with Crippen molar-refractivity contribution in [1.82, 2.24) is 0 Å². The Kier molecular flexibility index (Phi) is 3.81. The average molecular weight is 283 g/mol. The number of carbonyl (C=O) groups is 1. The normalized spacial score (nSPS) is 10.5. The van der Waals surface area contributed by atoms with Crippen LogP contribution in [0.4, 0.5) is 8.78 Å². The second-order valence-corrected chi connectivity index (χ2v) is 4.43. The maximum absolute atomic E-state index is 13.7. The minimum atomic E-state index is -1.16. The van der Waals surface area contributed by atoms with Crippen molar-refractivity contribution in [2.45, 2.75) is 6.42 Å². The molecular formula is C14H9ClF2O2. The summed E-state index contributed by atoms with van der Waals surface area (Å²) in [5, 5.41) is 8.97. The van der Waals surface area contributed by atoms with E-state index in [0.29, 0.717) is 11.1 Å². The van der Waals surface area contributed by atoms with E-state index in [0.717, 1.165) is 6.07 Å². The highest BCUT2D eigenvalue weighted by molar-refractivity contribution is 6.30. The molecule has 0 bridgehead atoms. The summed E-state index contributed by atoms with van der Waals surface area (Å²) in [6.07, 6.45) is -0.476. The molecular weight excluding hydrogens is 274 g/mol. The minimum Gasteiger partial charge on any atom is -0.481 e. The Hall–Kier alpha value is -1.94. The summed E-state index contributed by atoms with van der Waals surface area (Å²) in [6, 6.07) is 7.92. The first-order chi connectivity index (χ1) is 8.97. The fourth-order valence-electron chi connectivity index (χ4n) is 1.87. The smallest absolute Gasteiger partial charge is 0.307 e. The molecule has 98 valence electrons. The molecule has 2 aromatic rings. The summed E-state index contributed by atoms with van der Waals surface area (Å²) in [4.78, 5) is 10.8. The summed E-state index contributed by atoms with van der Waals surface area (Å²) in [5.41, 5.74) is 0.682. The van der Waals surface area contributed by atoms with Gasteiger partial charge >= 0.3 is 5.97 Å². The number of carboxylic acids is 1. The number of rotatable bonds is 3. The van der Waals surface area contributed by atoms with Gasteiger partial charge in [0.2, 0.25) is 0 Å². The van der Waals surface area contributed by atoms with Gasteiger partial charge in [-0.25, -0.2) is 8.78 Å². The molecule has 0 aliphatic carbocycles. The summed E-state index contributed by atoms with van der Waals surface area (Å²) in [7, 11) is 0. The number of halogens is 3. The fourth-order valence-corrected chi connectivity index (χ4v) is 2.09. The van der Waals surface area contributed by atoms with Crippen LogP contribution < -0.4 is 0 Å². The van der Waals surface area contributed by atoms with Gasteiger partial charge in [-0.1, -0.05) is 23.7 Å². The molecule has 0 saturated carbocycles. The van der Waals surface area contributed by atoms with E-state index in [-0.39, 0.29) is 10.6 Å². The van der Waals surface area contributed by atoms with Crippen LogP contribution in [-0.4, -0.2) is 11.1 Å². The lowest BCUT2D eigenvalue weighted by Crippen LogP contribution is -2.04. The lowest BCUT2D eigenvalue weighted by molar-refractivity contribution is -0.136. The first-order valence-corrected chi connectivity index (χ1v) is 5.81. The van der Waals surface area contributed by atoms with E-state index in [1.165, 1.54) is 30.3 Å². The second kappa shape index (κ2) is 5.36. The van der Waals surface area contributed by atoms with Gasteiger partial charge in [0.05, 0.1) is 6.42 Å². The number of aliphatic carboxylic acids is 1. The molecule has 0 atom stereocenters. The van der Waals surface area contributed by atoms with Crippen molar-refractivity contribution in [3.8, 4) is 11.1 Å². The molecule has 5 heteroatoms. The largest absolute Gasteiger partial charge is 0.481 e. The van der Waals surface area contributed by atoms with E-state index < -0.39 is 24.0 Å². The van der Waals surface area contributed by atoms with Crippen molar-refractivity contribution >= 4 is 17.6 Å². The first-order valence-electron chi connectivity index (χ1n) is 5.43. The monoisotopic (exact) mass is 282 g/mol. The Labute approximate surface area is 113 Å². The van der Waals surface area contributed by atoms with Crippen LogP contribution >= 0.6 is 11.6 Å². The molecule has 0 radical (unpaired) electrons. The number of benzene rings is 2. The van der Waals surface area contributed by atoms with Crippen LogP contribution in [-0.2, 0) is 11.2 Å². The molecule has 19 heavy (non-hydrogen) atoms. The Morgan fingerprint density at radius 3 is 2.58 bits per heavy atom. The van der Waals surface area contributed by atoms with E-state index in [1.54, 1.807) is 0 Å². The van der Waals surface area contributed by atoms with Gasteiger partial charge in [-0.05, 0) is 35.4 Å². The predicted octanol–water partition coefficient (Wildman–Crippen LogP) is 3.91. The van der Waals surface area contributed by atoms with Crippen molar-refractivity contribution in [3.63, 3.8) is 0 Å². The summed E-state index contributed by atoms with van der Waals surface area (Å²) in [5.74, 6) is -2.36. The molecule has 0 spiro atoms. The highest BCUT2D eigenvalue weighted by Crippen LogP contribution is 2.29. The Bertz CT molecular complexity index is 621. The van der Waals surface area contributed by atoms with Crippen LogP contribution in [0.15, 0.2) is 36.4 Å². The lowest BCUT2D eigenvalue weighted by atomic mass is 9.97. The minimum absolute atomic E-state index is 0.0108. The van der Waals surface area contributed by atoms with E-state index >= 15 is 0 Å². The molecule has 2 rings (SSSR count). The second-order valence-electron chi connectivity index (χ2n) is 3.99. The van der Waals surface area contributed by atoms with Crippen LogP contribution in [0.5, 0.6) is 0 Å². The van der Waals surface area contributed by atoms with Crippen molar-refractivity contribution in [2.24, 2.45) is 0 Å². The van der Waals surface area contributed by atoms with Crippen molar-refractivity contribution < 1.29 is 18.7 Å². The zero-order valence-corrected chi connectivity index (χ0v) is 10.4. The first kappa shape index (κ1) is 13.5. The fraction of sp³-hybridized carbons (Fsp3) is 0.0714. The topological polar surface area (TPSA) is 37.3 Å². The molecule has 0 unspecified atom stereocenters. The highest BCUT2D eigenvalue weighted by atomic mass is 35.5. The van der Waals surface area contributed by atoms with Gasteiger partial charge in [0.15, 0.2) is 0 Å². The number of hydrogen-bond acceptors (Lipinski definition) is 1. The van der Waals surface area contributed by atoms with Crippen LogP contribution in [0.1, 0.15) is 5.56 Å². The molecule has 0 amide bonds. The molecule has 2 aromatic carbocycles. The molecule has 0 saturated heterocycles. The Morgan fingerprint density at radius 1 is 1.21 bits per heavy atom. The maximum Gasteiger partial charge on any atom is 0.307 e. The number of hydrogen-bond donors (Lipinski definition) is 1. The quantitative estimate of drug-likeness (QED) is 0.926. The molecule has 0 heterocycles. The lowest BCUT2D eigenvalue weighted by Gasteiger charge is -2.10. The van der Waals surface area contributed by atoms with Gasteiger partial charge in [0.1, 0.15) is 11.6 Å². The predicted molar refractivity (Wildman–Crippen MR) is 68.1 cm³/mol. The van der Waals surface area contributed by atoms with Crippen molar-refractivity contribution in [3.05, 3.63) is 58.6 Å². The third-order valence-electron chi connectivity index (χ3n) is 2.62. The summed E-state index contributed by atoms with van der Waals surface area (Å²) < 4.78 is 27.0. The molecule has 1 N–H and O–H groups in total. The third-order valence-corrected chi connectivity index (χ3v) is 2.84. The zero-order chi connectivity index (χ0) is 14.0. The van der Waals surface area contributed by atoms with E-state index in [9.17, 15) is 13.6 Å². The average Bonchev–Trinajstić information content (AvgIpc) is 2.30. The van der Waals surface area contributed by atoms with Crippen LogP contribution in [0, 0.1) is 11.6 Å². The van der Waals surface area contributed by atoms with Gasteiger partial charge in [-0.3, -0.25) is 4.79 Å².